The Labute approximate surface area is 123 Å². The van der Waals surface area contributed by atoms with Crippen LogP contribution in [0.1, 0.15) is 48.0 Å². The molecule has 0 spiro atoms. The van der Waals surface area contributed by atoms with Gasteiger partial charge in [-0.15, -0.1) is 0 Å². The second-order valence-electron chi connectivity index (χ2n) is 7.31. The molecule has 1 aliphatic heterocycles. The van der Waals surface area contributed by atoms with Crippen molar-refractivity contribution in [3.63, 3.8) is 0 Å². The van der Waals surface area contributed by atoms with E-state index in [1.54, 1.807) is 0 Å². The number of carbonyl (C=O) groups is 1. The second-order valence-corrected chi connectivity index (χ2v) is 12.7. The first-order chi connectivity index (χ1) is 9.19. The van der Waals surface area contributed by atoms with E-state index in [0.717, 1.165) is 6.42 Å². The van der Waals surface area contributed by atoms with Crippen molar-refractivity contribution in [3.05, 3.63) is 12.3 Å². The van der Waals surface area contributed by atoms with E-state index in [9.17, 15) is 4.79 Å². The molecule has 2 atom stereocenters. The van der Waals surface area contributed by atoms with Gasteiger partial charge in [-0.1, -0.05) is 48.1 Å². The molecule has 0 aromatic rings. The van der Waals surface area contributed by atoms with Crippen LogP contribution in [0.15, 0.2) is 12.3 Å². The molecule has 1 heterocycles. The van der Waals surface area contributed by atoms with Gasteiger partial charge in [0.1, 0.15) is 5.41 Å². The molecule has 2 rings (SSSR count). The van der Waals surface area contributed by atoms with Gasteiger partial charge in [-0.25, -0.2) is 0 Å². The largest absolute Gasteiger partial charge is 0.545 e. The zero-order valence-corrected chi connectivity index (χ0v) is 14.7. The van der Waals surface area contributed by atoms with Crippen molar-refractivity contribution in [1.29, 1.82) is 0 Å². The molecule has 1 aliphatic carbocycles. The lowest BCUT2D eigenvalue weighted by Crippen LogP contribution is -2.48. The Morgan fingerprint density at radius 2 is 1.75 bits per heavy atom. The summed E-state index contributed by atoms with van der Waals surface area (Å²) < 4.78 is 11.7. The number of esters is 1. The molecule has 1 unspecified atom stereocenters. The average Bonchev–Trinajstić information content (AvgIpc) is 2.99. The van der Waals surface area contributed by atoms with Crippen molar-refractivity contribution in [3.8, 4) is 0 Å². The van der Waals surface area contributed by atoms with Crippen LogP contribution < -0.4 is 0 Å². The molecule has 2 fully saturated rings. The molecule has 0 bridgehead atoms. The summed E-state index contributed by atoms with van der Waals surface area (Å²) in [4.78, 5) is 12.0. The molecule has 1 saturated heterocycles. The minimum Gasteiger partial charge on any atom is -0.545 e. The van der Waals surface area contributed by atoms with E-state index in [4.69, 9.17) is 9.16 Å². The van der Waals surface area contributed by atoms with E-state index in [-0.39, 0.29) is 5.97 Å². The second kappa shape index (κ2) is 4.90. The maximum Gasteiger partial charge on any atom is 0.320 e. The van der Waals surface area contributed by atoms with Crippen LogP contribution in [0.2, 0.25) is 16.6 Å². The van der Waals surface area contributed by atoms with Crippen LogP contribution in [0.5, 0.6) is 0 Å². The highest BCUT2D eigenvalue weighted by Crippen LogP contribution is 2.63. The lowest BCUT2D eigenvalue weighted by atomic mass is 10.0. The fourth-order valence-corrected chi connectivity index (χ4v) is 9.52. The first kappa shape index (κ1) is 15.6. The normalized spacial score (nSPS) is 28.9. The van der Waals surface area contributed by atoms with Gasteiger partial charge in [0.15, 0.2) is 0 Å². The maximum atomic E-state index is 12.0. The molecule has 1 saturated carbocycles. The molecule has 0 amide bonds. The van der Waals surface area contributed by atoms with Crippen molar-refractivity contribution in [2.75, 3.05) is 6.61 Å². The smallest absolute Gasteiger partial charge is 0.320 e. The Bertz CT molecular complexity index is 406. The van der Waals surface area contributed by atoms with Gasteiger partial charge in [0.25, 0.3) is 8.32 Å². The zero-order chi connectivity index (χ0) is 15.3. The Balaban J connectivity index is 2.25. The molecule has 3 nitrogen and oxygen atoms in total. The van der Waals surface area contributed by atoms with Crippen molar-refractivity contribution in [2.45, 2.75) is 64.6 Å². The van der Waals surface area contributed by atoms with Crippen LogP contribution in [0, 0.1) is 11.3 Å². The lowest BCUT2D eigenvalue weighted by Gasteiger charge is -2.43. The summed E-state index contributed by atoms with van der Waals surface area (Å²) in [7, 11) is -2.02. The third-order valence-corrected chi connectivity index (χ3v) is 11.4. The summed E-state index contributed by atoms with van der Waals surface area (Å²) in [6.07, 6.45) is 0.865. The molecule has 114 valence electrons. The number of rotatable bonds is 6. The average molecular weight is 296 g/mol. The monoisotopic (exact) mass is 296 g/mol. The van der Waals surface area contributed by atoms with Crippen LogP contribution in [0.4, 0.5) is 0 Å². The predicted octanol–water partition coefficient (Wildman–Crippen LogP) is 4.26. The lowest BCUT2D eigenvalue weighted by molar-refractivity contribution is -0.144. The molecule has 0 N–H and O–H groups in total. The molecule has 20 heavy (non-hydrogen) atoms. The summed E-state index contributed by atoms with van der Waals surface area (Å²) >= 11 is 0. The zero-order valence-electron chi connectivity index (χ0n) is 13.7. The van der Waals surface area contributed by atoms with Crippen LogP contribution >= 0.6 is 0 Å². The van der Waals surface area contributed by atoms with E-state index in [1.165, 1.54) is 0 Å². The summed E-state index contributed by atoms with van der Waals surface area (Å²) in [5, 5.41) is 0. The number of hydrogen-bond acceptors (Lipinski definition) is 3. The van der Waals surface area contributed by atoms with E-state index in [1.807, 2.05) is 0 Å². The topological polar surface area (TPSA) is 35.5 Å². The maximum absolute atomic E-state index is 12.0. The minimum atomic E-state index is -2.02. The molecule has 0 radical (unpaired) electrons. The summed E-state index contributed by atoms with van der Waals surface area (Å²) in [5.41, 5.74) is 0.970. The van der Waals surface area contributed by atoms with Gasteiger partial charge in [0.05, 0.1) is 12.4 Å². The summed E-state index contributed by atoms with van der Waals surface area (Å²) in [6, 6.07) is 0. The Hall–Kier alpha value is -0.773. The van der Waals surface area contributed by atoms with Crippen LogP contribution in [-0.2, 0) is 14.0 Å². The third-order valence-electron chi connectivity index (χ3n) is 5.39. The van der Waals surface area contributed by atoms with Crippen molar-refractivity contribution in [2.24, 2.45) is 11.3 Å². The van der Waals surface area contributed by atoms with E-state index < -0.39 is 13.7 Å². The Kier molecular flexibility index (Phi) is 3.82. The molecular weight excluding hydrogens is 268 g/mol. The SMILES string of the molecule is C=C(O[Si](C(C)C)(C(C)C)C(C)C)C12C[C@@H]1COC2=O. The quantitative estimate of drug-likeness (QED) is 0.417. The summed E-state index contributed by atoms with van der Waals surface area (Å²) in [6.45, 7) is 18.2. The van der Waals surface area contributed by atoms with E-state index >= 15 is 0 Å². The van der Waals surface area contributed by atoms with Crippen LogP contribution in [0.25, 0.3) is 0 Å². The first-order valence-corrected chi connectivity index (χ1v) is 9.89. The minimum absolute atomic E-state index is 0.119. The predicted molar refractivity (Wildman–Crippen MR) is 82.8 cm³/mol. The molecule has 2 aliphatic rings. The highest BCUT2D eigenvalue weighted by molar-refractivity contribution is 6.77. The van der Waals surface area contributed by atoms with E-state index in [0.29, 0.717) is 34.9 Å². The number of carbonyl (C=O) groups excluding carboxylic acids is 1. The Morgan fingerprint density at radius 3 is 2.05 bits per heavy atom. The van der Waals surface area contributed by atoms with Gasteiger partial charge in [0.2, 0.25) is 0 Å². The molecule has 0 aromatic heterocycles. The number of fused-ring (bicyclic) bond motifs is 1. The number of cyclic esters (lactones) is 1. The fourth-order valence-electron chi connectivity index (χ4n) is 4.20. The van der Waals surface area contributed by atoms with Crippen molar-refractivity contribution in [1.82, 2.24) is 0 Å². The summed E-state index contributed by atoms with van der Waals surface area (Å²) in [5.74, 6) is 0.875. The highest BCUT2D eigenvalue weighted by atomic mass is 28.4. The standard InChI is InChI=1S/C16H28O3Si/c1-10(2)20(11(3)4,12(5)6)19-13(7)16-8-14(16)9-18-15(16)17/h10-12,14H,7-9H2,1-6H3/t14-,16?/m1/s1. The Morgan fingerprint density at radius 1 is 1.25 bits per heavy atom. The molecule has 0 aromatic carbocycles. The number of ether oxygens (including phenoxy) is 1. The van der Waals surface area contributed by atoms with Crippen molar-refractivity contribution >= 4 is 14.3 Å². The number of hydrogen-bond donors (Lipinski definition) is 0. The van der Waals surface area contributed by atoms with Gasteiger partial charge >= 0.3 is 5.97 Å². The van der Waals surface area contributed by atoms with Gasteiger partial charge in [-0.2, -0.15) is 0 Å². The highest BCUT2D eigenvalue weighted by Gasteiger charge is 2.69. The van der Waals surface area contributed by atoms with Crippen molar-refractivity contribution < 1.29 is 14.0 Å². The van der Waals surface area contributed by atoms with E-state index in [2.05, 4.69) is 48.1 Å². The third kappa shape index (κ3) is 1.95. The molecular formula is C16H28O3Si. The van der Waals surface area contributed by atoms with Crippen LogP contribution in [0.3, 0.4) is 0 Å². The fraction of sp³-hybridized carbons (Fsp3) is 0.812. The van der Waals surface area contributed by atoms with Gasteiger partial charge in [-0.05, 0) is 23.0 Å². The molecule has 4 heteroatoms. The van der Waals surface area contributed by atoms with Crippen LogP contribution in [-0.4, -0.2) is 20.9 Å². The first-order valence-electron chi connectivity index (χ1n) is 7.75. The van der Waals surface area contributed by atoms with Gasteiger partial charge in [0, 0.05) is 5.92 Å². The van der Waals surface area contributed by atoms with Gasteiger partial charge in [-0.3, -0.25) is 4.79 Å². The van der Waals surface area contributed by atoms with Gasteiger partial charge < -0.3 is 9.16 Å².